The van der Waals surface area contributed by atoms with Crippen molar-refractivity contribution in [2.24, 2.45) is 0 Å². The molecule has 0 radical (unpaired) electrons. The Morgan fingerprint density at radius 3 is 2.40 bits per heavy atom. The molecule has 0 amide bonds. The lowest BCUT2D eigenvalue weighted by molar-refractivity contribution is -0.137. The monoisotopic (exact) mass is 208 g/mol. The summed E-state index contributed by atoms with van der Waals surface area (Å²) in [4.78, 5) is 11.2. The van der Waals surface area contributed by atoms with Gasteiger partial charge in [-0.05, 0) is 33.6 Å². The van der Waals surface area contributed by atoms with Gasteiger partial charge >= 0.3 is 5.97 Å². The Balaban J connectivity index is 3.57. The molecule has 0 N–H and O–H groups in total. The SMILES string of the molecule is CC=CCCC=CCOC(=O)/C(C)=C/C. The molecule has 0 aliphatic heterocycles. The van der Waals surface area contributed by atoms with Gasteiger partial charge in [-0.1, -0.05) is 30.4 Å². The number of ether oxygens (including phenoxy) is 1. The number of unbranched alkanes of at least 4 members (excludes halogenated alkanes) is 1. The molecule has 0 aromatic carbocycles. The van der Waals surface area contributed by atoms with Crippen LogP contribution in [0.2, 0.25) is 0 Å². The summed E-state index contributed by atoms with van der Waals surface area (Å²) in [6.45, 7) is 5.94. The van der Waals surface area contributed by atoms with Gasteiger partial charge in [0.25, 0.3) is 0 Å². The molecule has 0 aromatic heterocycles. The van der Waals surface area contributed by atoms with Crippen molar-refractivity contribution >= 4 is 5.97 Å². The Bertz CT molecular complexity index is 260. The maximum absolute atomic E-state index is 11.2. The van der Waals surface area contributed by atoms with Crippen molar-refractivity contribution in [3.63, 3.8) is 0 Å². The molecular weight excluding hydrogens is 188 g/mol. The fourth-order valence-electron chi connectivity index (χ4n) is 0.900. The number of carbonyl (C=O) groups excluding carboxylic acids is 1. The zero-order valence-corrected chi connectivity index (χ0v) is 9.82. The summed E-state index contributed by atoms with van der Waals surface area (Å²) < 4.78 is 4.99. The minimum Gasteiger partial charge on any atom is -0.458 e. The van der Waals surface area contributed by atoms with Crippen LogP contribution < -0.4 is 0 Å². The molecule has 15 heavy (non-hydrogen) atoms. The van der Waals surface area contributed by atoms with Gasteiger partial charge in [-0.3, -0.25) is 0 Å². The van der Waals surface area contributed by atoms with Crippen LogP contribution in [-0.4, -0.2) is 12.6 Å². The van der Waals surface area contributed by atoms with Crippen LogP contribution in [0, 0.1) is 0 Å². The standard InChI is InChI=1S/C13H20O2/c1-4-6-7-8-9-10-11-15-13(14)12(3)5-2/h4-6,9-10H,7-8,11H2,1-3H3/b6-4?,10-9?,12-5+. The molecule has 2 nitrogen and oxygen atoms in total. The van der Waals surface area contributed by atoms with E-state index in [0.717, 1.165) is 12.8 Å². The first-order valence-corrected chi connectivity index (χ1v) is 5.28. The Morgan fingerprint density at radius 1 is 1.13 bits per heavy atom. The predicted octanol–water partition coefficient (Wildman–Crippen LogP) is 3.41. The van der Waals surface area contributed by atoms with Crippen molar-refractivity contribution in [3.05, 3.63) is 36.0 Å². The second-order valence-electron chi connectivity index (χ2n) is 3.19. The van der Waals surface area contributed by atoms with Gasteiger partial charge in [0, 0.05) is 5.57 Å². The van der Waals surface area contributed by atoms with Crippen LogP contribution in [-0.2, 0) is 9.53 Å². The number of rotatable bonds is 6. The van der Waals surface area contributed by atoms with E-state index in [9.17, 15) is 4.79 Å². The third-order valence-electron chi connectivity index (χ3n) is 1.97. The summed E-state index contributed by atoms with van der Waals surface area (Å²) in [6.07, 6.45) is 11.8. The summed E-state index contributed by atoms with van der Waals surface area (Å²) in [5.74, 6) is -0.240. The second-order valence-corrected chi connectivity index (χ2v) is 3.19. The highest BCUT2D eigenvalue weighted by Crippen LogP contribution is 1.97. The molecule has 84 valence electrons. The lowest BCUT2D eigenvalue weighted by Gasteiger charge is -2.00. The van der Waals surface area contributed by atoms with Crippen LogP contribution in [0.5, 0.6) is 0 Å². The molecule has 2 heteroatoms. The predicted molar refractivity (Wildman–Crippen MR) is 63.6 cm³/mol. The lowest BCUT2D eigenvalue weighted by atomic mass is 10.3. The first-order valence-electron chi connectivity index (χ1n) is 5.28. The average molecular weight is 208 g/mol. The Hall–Kier alpha value is -1.31. The third-order valence-corrected chi connectivity index (χ3v) is 1.97. The van der Waals surface area contributed by atoms with E-state index in [1.54, 1.807) is 13.0 Å². The van der Waals surface area contributed by atoms with Crippen LogP contribution in [0.3, 0.4) is 0 Å². The maximum Gasteiger partial charge on any atom is 0.333 e. The van der Waals surface area contributed by atoms with Gasteiger partial charge in [-0.15, -0.1) is 0 Å². The second kappa shape index (κ2) is 9.25. The van der Waals surface area contributed by atoms with Crippen molar-refractivity contribution < 1.29 is 9.53 Å². The van der Waals surface area contributed by atoms with Crippen LogP contribution >= 0.6 is 0 Å². The molecule has 0 unspecified atom stereocenters. The lowest BCUT2D eigenvalue weighted by Crippen LogP contribution is -2.05. The van der Waals surface area contributed by atoms with Crippen molar-refractivity contribution in [2.75, 3.05) is 6.61 Å². The summed E-state index contributed by atoms with van der Waals surface area (Å²) in [5.41, 5.74) is 0.650. The van der Waals surface area contributed by atoms with Crippen molar-refractivity contribution in [2.45, 2.75) is 33.6 Å². The highest BCUT2D eigenvalue weighted by atomic mass is 16.5. The van der Waals surface area contributed by atoms with Gasteiger partial charge in [-0.25, -0.2) is 4.79 Å². The molecule has 0 aromatic rings. The number of hydrogen-bond donors (Lipinski definition) is 0. The largest absolute Gasteiger partial charge is 0.458 e. The van der Waals surface area contributed by atoms with Crippen LogP contribution in [0.15, 0.2) is 36.0 Å². The molecular formula is C13H20O2. The number of esters is 1. The Kier molecular flexibility index (Phi) is 8.44. The Morgan fingerprint density at radius 2 is 1.80 bits per heavy atom. The van der Waals surface area contributed by atoms with Crippen molar-refractivity contribution in [1.82, 2.24) is 0 Å². The summed E-state index contributed by atoms with van der Waals surface area (Å²) in [6, 6.07) is 0. The van der Waals surface area contributed by atoms with Gasteiger partial charge in [0.05, 0.1) is 0 Å². The van der Waals surface area contributed by atoms with E-state index in [-0.39, 0.29) is 5.97 Å². The third kappa shape index (κ3) is 7.74. The minimum absolute atomic E-state index is 0.240. The molecule has 0 aliphatic carbocycles. The highest BCUT2D eigenvalue weighted by Gasteiger charge is 2.01. The molecule has 0 saturated heterocycles. The van der Waals surface area contributed by atoms with Crippen LogP contribution in [0.25, 0.3) is 0 Å². The molecule has 0 saturated carbocycles. The van der Waals surface area contributed by atoms with Gasteiger partial charge < -0.3 is 4.74 Å². The summed E-state index contributed by atoms with van der Waals surface area (Å²) in [5, 5.41) is 0. The minimum atomic E-state index is -0.240. The maximum atomic E-state index is 11.2. The van der Waals surface area contributed by atoms with E-state index in [4.69, 9.17) is 4.74 Å². The average Bonchev–Trinajstić information content (AvgIpc) is 2.26. The summed E-state index contributed by atoms with van der Waals surface area (Å²) in [7, 11) is 0. The van der Waals surface area contributed by atoms with E-state index in [2.05, 4.69) is 6.08 Å². The van der Waals surface area contributed by atoms with Gasteiger partial charge in [0.2, 0.25) is 0 Å². The van der Waals surface area contributed by atoms with E-state index in [1.807, 2.05) is 32.1 Å². The van der Waals surface area contributed by atoms with Crippen molar-refractivity contribution in [1.29, 1.82) is 0 Å². The molecule has 0 fully saturated rings. The molecule has 0 aliphatic rings. The molecule has 0 heterocycles. The van der Waals surface area contributed by atoms with Crippen LogP contribution in [0.4, 0.5) is 0 Å². The molecule has 0 rings (SSSR count). The molecule has 0 spiro atoms. The zero-order chi connectivity index (χ0) is 11.5. The first-order chi connectivity index (χ1) is 7.22. The molecule has 0 atom stereocenters. The smallest absolute Gasteiger partial charge is 0.333 e. The quantitative estimate of drug-likeness (QED) is 0.289. The fourth-order valence-corrected chi connectivity index (χ4v) is 0.900. The highest BCUT2D eigenvalue weighted by molar-refractivity contribution is 5.87. The number of carbonyl (C=O) groups is 1. The Labute approximate surface area is 92.3 Å². The summed E-state index contributed by atoms with van der Waals surface area (Å²) >= 11 is 0. The number of allylic oxidation sites excluding steroid dienone is 4. The van der Waals surface area contributed by atoms with E-state index < -0.39 is 0 Å². The van der Waals surface area contributed by atoms with E-state index >= 15 is 0 Å². The zero-order valence-electron chi connectivity index (χ0n) is 9.82. The fraction of sp³-hybridized carbons (Fsp3) is 0.462. The molecule has 0 bridgehead atoms. The van der Waals surface area contributed by atoms with Gasteiger partial charge in [0.1, 0.15) is 6.61 Å². The topological polar surface area (TPSA) is 26.3 Å². The van der Waals surface area contributed by atoms with Crippen molar-refractivity contribution in [3.8, 4) is 0 Å². The first kappa shape index (κ1) is 13.7. The van der Waals surface area contributed by atoms with Gasteiger partial charge in [-0.2, -0.15) is 0 Å². The van der Waals surface area contributed by atoms with Crippen LogP contribution in [0.1, 0.15) is 33.6 Å². The number of hydrogen-bond acceptors (Lipinski definition) is 2. The van der Waals surface area contributed by atoms with E-state index in [1.165, 1.54) is 0 Å². The van der Waals surface area contributed by atoms with Gasteiger partial charge in [0.15, 0.2) is 0 Å². The van der Waals surface area contributed by atoms with E-state index in [0.29, 0.717) is 12.2 Å². The normalized spacial score (nSPS) is 12.6.